The average Bonchev–Trinajstić information content (AvgIpc) is 3.00. The van der Waals surface area contributed by atoms with Gasteiger partial charge in [-0.05, 0) is 12.8 Å². The highest BCUT2D eigenvalue weighted by molar-refractivity contribution is 5.72. The first-order valence-corrected chi connectivity index (χ1v) is 19.1. The van der Waals surface area contributed by atoms with Gasteiger partial charge in [-0.15, -0.1) is 0 Å². The number of aliphatic carboxylic acids is 1. The number of hydrogen-bond donors (Lipinski definition) is 1. The van der Waals surface area contributed by atoms with Crippen molar-refractivity contribution in [3.63, 3.8) is 0 Å². The van der Waals surface area contributed by atoms with Crippen LogP contribution >= 0.6 is 0 Å². The second-order valence-electron chi connectivity index (χ2n) is 14.2. The van der Waals surface area contributed by atoms with E-state index in [2.05, 4.69) is 6.92 Å². The molecule has 0 spiro atoms. The summed E-state index contributed by atoms with van der Waals surface area (Å²) in [5, 5.41) is 9.51. The highest BCUT2D eigenvalue weighted by atomic mass is 16.6. The van der Waals surface area contributed by atoms with Gasteiger partial charge in [-0.25, -0.2) is 4.79 Å². The number of quaternary nitrogens is 1. The van der Waals surface area contributed by atoms with Crippen LogP contribution in [0.4, 0.5) is 0 Å². The molecule has 272 valence electrons. The molecule has 0 saturated heterocycles. The van der Waals surface area contributed by atoms with Gasteiger partial charge in [-0.1, -0.05) is 142 Å². The van der Waals surface area contributed by atoms with E-state index in [1.807, 2.05) is 28.1 Å². The minimum absolute atomic E-state index is 0.0504. The SMILES string of the molecule is CCCCCCCCCCCCCCCCCCCCCCC(=O)OC(COCCC(C(=O)O)[N+](C)(C)C)COC(=O)CCCC. The largest absolute Gasteiger partial charge is 0.477 e. The monoisotopic (exact) mass is 657 g/mol. The molecule has 2 atom stereocenters. The lowest BCUT2D eigenvalue weighted by molar-refractivity contribution is -0.887. The zero-order valence-electron chi connectivity index (χ0n) is 30.8. The molecule has 0 fully saturated rings. The number of carbonyl (C=O) groups excluding carboxylic acids is 2. The van der Waals surface area contributed by atoms with Crippen molar-refractivity contribution in [3.8, 4) is 0 Å². The first-order chi connectivity index (χ1) is 22.1. The van der Waals surface area contributed by atoms with Crippen LogP contribution in [0.2, 0.25) is 0 Å². The summed E-state index contributed by atoms with van der Waals surface area (Å²) in [6, 6.07) is -0.605. The number of esters is 2. The van der Waals surface area contributed by atoms with Gasteiger partial charge in [0.05, 0.1) is 34.4 Å². The van der Waals surface area contributed by atoms with Gasteiger partial charge < -0.3 is 23.8 Å². The van der Waals surface area contributed by atoms with Gasteiger partial charge in [0.15, 0.2) is 12.1 Å². The molecule has 0 aromatic rings. The Morgan fingerprint density at radius 2 is 0.978 bits per heavy atom. The fraction of sp³-hybridized carbons (Fsp3) is 0.921. The van der Waals surface area contributed by atoms with Crippen molar-refractivity contribution in [2.24, 2.45) is 0 Å². The Morgan fingerprint density at radius 1 is 0.565 bits per heavy atom. The molecule has 1 N–H and O–H groups in total. The zero-order chi connectivity index (χ0) is 34.3. The molecule has 0 amide bonds. The molecule has 0 bridgehead atoms. The normalized spacial score (nSPS) is 13.0. The van der Waals surface area contributed by atoms with Gasteiger partial charge in [0, 0.05) is 19.3 Å². The van der Waals surface area contributed by atoms with Crippen molar-refractivity contribution in [1.29, 1.82) is 0 Å². The maximum atomic E-state index is 12.5. The Bertz CT molecular complexity index is 737. The topological polar surface area (TPSA) is 99.1 Å². The van der Waals surface area contributed by atoms with Crippen molar-refractivity contribution in [3.05, 3.63) is 0 Å². The van der Waals surface area contributed by atoms with Crippen LogP contribution in [-0.4, -0.2) is 80.6 Å². The van der Waals surface area contributed by atoms with E-state index in [4.69, 9.17) is 14.2 Å². The molecule has 0 saturated carbocycles. The molecule has 46 heavy (non-hydrogen) atoms. The van der Waals surface area contributed by atoms with E-state index < -0.39 is 18.1 Å². The molecular formula is C38H74NO7+. The molecule has 0 aliphatic heterocycles. The number of rotatable bonds is 34. The van der Waals surface area contributed by atoms with Crippen molar-refractivity contribution >= 4 is 17.9 Å². The van der Waals surface area contributed by atoms with E-state index >= 15 is 0 Å². The summed E-state index contributed by atoms with van der Waals surface area (Å²) in [6.07, 6.45) is 28.2. The first kappa shape index (κ1) is 44.3. The second kappa shape index (κ2) is 30.7. The molecule has 0 aliphatic rings. The lowest BCUT2D eigenvalue weighted by Gasteiger charge is -2.31. The minimum atomic E-state index is -0.876. The number of hydrogen-bond acceptors (Lipinski definition) is 6. The summed E-state index contributed by atoms with van der Waals surface area (Å²) in [5.74, 6) is -1.50. The van der Waals surface area contributed by atoms with Crippen LogP contribution in [0.25, 0.3) is 0 Å². The third-order valence-electron chi connectivity index (χ3n) is 8.76. The average molecular weight is 657 g/mol. The predicted molar refractivity (Wildman–Crippen MR) is 188 cm³/mol. The van der Waals surface area contributed by atoms with Gasteiger partial charge >= 0.3 is 17.9 Å². The minimum Gasteiger partial charge on any atom is -0.477 e. The molecule has 8 nitrogen and oxygen atoms in total. The Hall–Kier alpha value is -1.67. The summed E-state index contributed by atoms with van der Waals surface area (Å²) in [7, 11) is 5.50. The number of carboxylic acids is 1. The van der Waals surface area contributed by atoms with Crippen LogP contribution in [0.5, 0.6) is 0 Å². The van der Waals surface area contributed by atoms with E-state index in [0.717, 1.165) is 32.1 Å². The number of carbonyl (C=O) groups is 3. The van der Waals surface area contributed by atoms with E-state index in [0.29, 0.717) is 19.3 Å². The number of likely N-dealkylation sites (N-methyl/N-ethyl adjacent to an activating group) is 1. The van der Waals surface area contributed by atoms with Crippen molar-refractivity contribution < 1.29 is 38.2 Å². The van der Waals surface area contributed by atoms with Crippen molar-refractivity contribution in [2.45, 2.75) is 187 Å². The smallest absolute Gasteiger partial charge is 0.362 e. The molecule has 8 heteroatoms. The van der Waals surface area contributed by atoms with Gasteiger partial charge in [0.1, 0.15) is 6.61 Å². The quantitative estimate of drug-likeness (QED) is 0.0418. The summed E-state index contributed by atoms with van der Waals surface area (Å²) >= 11 is 0. The highest BCUT2D eigenvalue weighted by Crippen LogP contribution is 2.16. The standard InChI is InChI=1S/C38H73NO7/c1-6-8-10-11-12-13-14-15-16-17-18-19-20-21-22-23-24-25-26-27-29-37(41)46-34(33-45-36(40)28-9-7-2)32-44-31-30-35(38(42)43)39(3,4)5/h34-35H,6-33H2,1-5H3/p+1. The van der Waals surface area contributed by atoms with Gasteiger partial charge in [0.25, 0.3) is 0 Å². The van der Waals surface area contributed by atoms with Gasteiger partial charge in [0.2, 0.25) is 0 Å². The summed E-state index contributed by atoms with van der Waals surface area (Å²) < 4.78 is 16.9. The lowest BCUT2D eigenvalue weighted by Crippen LogP contribution is -2.50. The van der Waals surface area contributed by atoms with Crippen LogP contribution in [0.1, 0.15) is 174 Å². The fourth-order valence-corrected chi connectivity index (χ4v) is 5.72. The number of unbranched alkanes of at least 4 members (excludes halogenated alkanes) is 20. The number of ether oxygens (including phenoxy) is 3. The predicted octanol–water partition coefficient (Wildman–Crippen LogP) is 9.41. The summed E-state index contributed by atoms with van der Waals surface area (Å²) in [5.41, 5.74) is 0. The van der Waals surface area contributed by atoms with Crippen molar-refractivity contribution in [2.75, 3.05) is 41.0 Å². The molecule has 0 radical (unpaired) electrons. The number of nitrogens with zero attached hydrogens (tertiary/aromatic N) is 1. The molecule has 0 heterocycles. The third-order valence-corrected chi connectivity index (χ3v) is 8.76. The molecule has 0 aromatic heterocycles. The maximum Gasteiger partial charge on any atom is 0.362 e. The summed E-state index contributed by atoms with van der Waals surface area (Å²) in [4.78, 5) is 36.1. The van der Waals surface area contributed by atoms with Crippen molar-refractivity contribution in [1.82, 2.24) is 0 Å². The maximum absolute atomic E-state index is 12.5. The molecule has 0 aliphatic carbocycles. The van der Waals surface area contributed by atoms with Crippen LogP contribution in [0.15, 0.2) is 0 Å². The second-order valence-corrected chi connectivity index (χ2v) is 14.2. The van der Waals surface area contributed by atoms with E-state index in [1.54, 1.807) is 0 Å². The van der Waals surface area contributed by atoms with Crippen LogP contribution in [0.3, 0.4) is 0 Å². The van der Waals surface area contributed by atoms with E-state index in [-0.39, 0.29) is 36.2 Å². The van der Waals surface area contributed by atoms with Gasteiger partial charge in [-0.3, -0.25) is 9.59 Å². The van der Waals surface area contributed by atoms with E-state index in [1.165, 1.54) is 109 Å². The number of carboxylic acid groups (broad SMARTS) is 1. The Balaban J connectivity index is 3.99. The first-order valence-electron chi connectivity index (χ1n) is 19.1. The molecule has 2 unspecified atom stereocenters. The Kier molecular flexibility index (Phi) is 29.5. The fourth-order valence-electron chi connectivity index (χ4n) is 5.72. The third kappa shape index (κ3) is 28.5. The zero-order valence-corrected chi connectivity index (χ0v) is 30.8. The highest BCUT2D eigenvalue weighted by Gasteiger charge is 2.31. The molecular weight excluding hydrogens is 582 g/mol. The van der Waals surface area contributed by atoms with Gasteiger partial charge in [-0.2, -0.15) is 0 Å². The molecule has 0 aromatic carbocycles. The molecule has 0 rings (SSSR count). The lowest BCUT2D eigenvalue weighted by atomic mass is 10.0. The van der Waals surface area contributed by atoms with E-state index in [9.17, 15) is 19.5 Å². The van der Waals surface area contributed by atoms with Crippen LogP contribution < -0.4 is 0 Å². The summed E-state index contributed by atoms with van der Waals surface area (Å²) in [6.45, 7) is 4.51. The Labute approximate surface area is 283 Å². The van der Waals surface area contributed by atoms with Crippen LogP contribution in [0, 0.1) is 0 Å². The van der Waals surface area contributed by atoms with Crippen LogP contribution in [-0.2, 0) is 28.6 Å². The Morgan fingerprint density at radius 3 is 1.39 bits per heavy atom.